The summed E-state index contributed by atoms with van der Waals surface area (Å²) in [6.07, 6.45) is 0. The number of nitrogens with zero attached hydrogens (tertiary/aromatic N) is 1. The number of thiol groups is 1. The Morgan fingerprint density at radius 2 is 1.73 bits per heavy atom. The van der Waals surface area contributed by atoms with Gasteiger partial charge in [-0.25, -0.2) is 4.79 Å². The van der Waals surface area contributed by atoms with E-state index in [9.17, 15) is 9.59 Å². The van der Waals surface area contributed by atoms with Crippen molar-refractivity contribution < 1.29 is 14.7 Å². The van der Waals surface area contributed by atoms with Gasteiger partial charge in [-0.2, -0.15) is 0 Å². The van der Waals surface area contributed by atoms with Crippen LogP contribution in [0.3, 0.4) is 0 Å². The van der Waals surface area contributed by atoms with E-state index in [0.717, 1.165) is 4.31 Å². The molecule has 0 atom stereocenters. The Balaban J connectivity index is 0.00000196. The molecule has 1 rings (SSSR count). The van der Waals surface area contributed by atoms with E-state index < -0.39 is 5.97 Å². The molecular weight excluding hydrogens is 242 g/mol. The summed E-state index contributed by atoms with van der Waals surface area (Å²) < 4.78 is 1.14. The fraction of sp³-hybridized carbons (Fsp3) is 0.111. The van der Waals surface area contributed by atoms with Crippen LogP contribution in [0.25, 0.3) is 0 Å². The number of anilines is 1. The van der Waals surface area contributed by atoms with Gasteiger partial charge in [-0.1, -0.05) is 12.8 Å². The molecule has 4 nitrogen and oxygen atoms in total. The van der Waals surface area contributed by atoms with Gasteiger partial charge in [0.2, 0.25) is 5.91 Å². The molecule has 6 heteroatoms. The zero-order valence-corrected chi connectivity index (χ0v) is 8.36. The minimum atomic E-state index is -0.995. The van der Waals surface area contributed by atoms with Crippen molar-refractivity contribution in [3.05, 3.63) is 29.8 Å². The number of carbonyl (C=O) groups is 2. The molecule has 0 saturated heterocycles. The second-order valence-corrected chi connectivity index (χ2v) is 3.08. The van der Waals surface area contributed by atoms with Crippen LogP contribution in [0.1, 0.15) is 17.3 Å². The van der Waals surface area contributed by atoms with Crippen LogP contribution < -0.4 is 4.31 Å². The maximum absolute atomic E-state index is 10.9. The summed E-state index contributed by atoms with van der Waals surface area (Å²) in [4.78, 5) is 21.4. The van der Waals surface area contributed by atoms with Crippen molar-refractivity contribution in [1.29, 1.82) is 0 Å². The number of amides is 1. The van der Waals surface area contributed by atoms with Gasteiger partial charge in [0, 0.05) is 6.92 Å². The van der Waals surface area contributed by atoms with E-state index in [4.69, 9.17) is 5.11 Å². The van der Waals surface area contributed by atoms with Crippen LogP contribution in [0.5, 0.6) is 0 Å². The third-order valence-corrected chi connectivity index (χ3v) is 2.17. The summed E-state index contributed by atoms with van der Waals surface area (Å²) in [5.41, 5.74) is 0.727. The number of hydrogen-bond donors (Lipinski definition) is 2. The molecule has 15 heavy (non-hydrogen) atoms. The van der Waals surface area contributed by atoms with Gasteiger partial charge in [-0.05, 0) is 24.3 Å². The third-order valence-electron chi connectivity index (χ3n) is 1.66. The molecule has 0 radical (unpaired) electrons. The average molecular weight is 253 g/mol. The van der Waals surface area contributed by atoms with Gasteiger partial charge >= 0.3 is 43.7 Å². The van der Waals surface area contributed by atoms with Gasteiger partial charge in [0.1, 0.15) is 0 Å². The molecule has 0 saturated carbocycles. The van der Waals surface area contributed by atoms with Gasteiger partial charge in [0.25, 0.3) is 0 Å². The van der Waals surface area contributed by atoms with Gasteiger partial charge in [0.05, 0.1) is 11.3 Å². The number of carboxylic acid groups (broad SMARTS) is 1. The molecule has 0 bridgehead atoms. The van der Waals surface area contributed by atoms with Crippen LogP contribution in [0.15, 0.2) is 24.3 Å². The Morgan fingerprint density at radius 3 is 2.07 bits per heavy atom. The van der Waals surface area contributed by atoms with Gasteiger partial charge < -0.3 is 5.11 Å². The van der Waals surface area contributed by atoms with E-state index in [1.807, 2.05) is 0 Å². The van der Waals surface area contributed by atoms with Crippen LogP contribution in [-0.2, 0) is 4.79 Å². The first-order valence-electron chi connectivity index (χ1n) is 3.85. The summed E-state index contributed by atoms with van der Waals surface area (Å²) in [5, 5.41) is 8.62. The van der Waals surface area contributed by atoms with Gasteiger partial charge in [-0.3, -0.25) is 9.10 Å². The molecule has 0 spiro atoms. The molecule has 78 valence electrons. The van der Waals surface area contributed by atoms with Crippen molar-refractivity contribution in [1.82, 2.24) is 0 Å². The first kappa shape index (κ1) is 14.8. The fourth-order valence-electron chi connectivity index (χ4n) is 0.927. The minimum absolute atomic E-state index is 0. The van der Waals surface area contributed by atoms with Crippen molar-refractivity contribution >= 4 is 68.1 Å². The third kappa shape index (κ3) is 4.02. The standard InChI is InChI=1S/C9H9NO3S.Ca.2H/c1-6(11)10(14)8-4-2-7(3-5-8)9(12)13;;;/h2-5,14H,1H3,(H,12,13);;;. The average Bonchev–Trinajstić information content (AvgIpc) is 2.16. The predicted octanol–water partition coefficient (Wildman–Crippen LogP) is 0.666. The predicted molar refractivity (Wildman–Crippen MR) is 64.1 cm³/mol. The van der Waals surface area contributed by atoms with E-state index in [0.29, 0.717) is 5.69 Å². The number of aromatic carboxylic acids is 1. The van der Waals surface area contributed by atoms with E-state index in [1.165, 1.54) is 31.2 Å². The van der Waals surface area contributed by atoms with Crippen molar-refractivity contribution in [3.8, 4) is 0 Å². The molecule has 0 fully saturated rings. The second kappa shape index (κ2) is 6.37. The summed E-state index contributed by atoms with van der Waals surface area (Å²) in [6.45, 7) is 1.37. The van der Waals surface area contributed by atoms with Crippen molar-refractivity contribution in [2.45, 2.75) is 6.92 Å². The second-order valence-electron chi connectivity index (χ2n) is 2.68. The zero-order chi connectivity index (χ0) is 10.7. The Bertz CT molecular complexity index is 366. The van der Waals surface area contributed by atoms with Crippen LogP contribution >= 0.6 is 12.8 Å². The number of rotatable bonds is 2. The summed E-state index contributed by atoms with van der Waals surface area (Å²) >= 11 is 3.94. The normalized spacial score (nSPS) is 8.93. The van der Waals surface area contributed by atoms with E-state index in [1.54, 1.807) is 0 Å². The molecule has 1 aromatic rings. The van der Waals surface area contributed by atoms with Crippen LogP contribution in [-0.4, -0.2) is 54.7 Å². The number of carboxylic acids is 1. The first-order valence-corrected chi connectivity index (χ1v) is 4.25. The molecule has 0 aliphatic rings. The van der Waals surface area contributed by atoms with Crippen molar-refractivity contribution in [3.63, 3.8) is 0 Å². The van der Waals surface area contributed by atoms with Crippen molar-refractivity contribution in [2.24, 2.45) is 0 Å². The summed E-state index contributed by atoms with van der Waals surface area (Å²) in [6, 6.07) is 5.89. The van der Waals surface area contributed by atoms with Gasteiger partial charge in [0.15, 0.2) is 0 Å². The number of hydrogen-bond acceptors (Lipinski definition) is 3. The molecular formula is C9H11CaNO3S. The fourth-order valence-corrected chi connectivity index (χ4v) is 1.06. The first-order chi connectivity index (χ1) is 6.52. The molecule has 1 aromatic carbocycles. The zero-order valence-electron chi connectivity index (χ0n) is 7.47. The summed E-state index contributed by atoms with van der Waals surface area (Å²) in [5.74, 6) is -1.22. The van der Waals surface area contributed by atoms with Crippen LogP contribution in [0.4, 0.5) is 5.69 Å². The maximum atomic E-state index is 10.9. The van der Waals surface area contributed by atoms with E-state index in [-0.39, 0.29) is 49.2 Å². The molecule has 0 aromatic heterocycles. The monoisotopic (exact) mass is 253 g/mol. The van der Waals surface area contributed by atoms with E-state index >= 15 is 0 Å². The molecule has 0 heterocycles. The molecule has 1 N–H and O–H groups in total. The Labute approximate surface area is 123 Å². The quantitative estimate of drug-likeness (QED) is 0.601. The number of carbonyl (C=O) groups excluding carboxylic acids is 1. The number of benzene rings is 1. The van der Waals surface area contributed by atoms with Gasteiger partial charge in [-0.15, -0.1) is 0 Å². The molecule has 1 amide bonds. The van der Waals surface area contributed by atoms with E-state index in [2.05, 4.69) is 12.8 Å². The van der Waals surface area contributed by atoms with Crippen molar-refractivity contribution in [2.75, 3.05) is 4.31 Å². The molecule has 0 aliphatic carbocycles. The Morgan fingerprint density at radius 1 is 1.27 bits per heavy atom. The Kier molecular flexibility index (Phi) is 6.28. The Hall–Kier alpha value is -0.230. The summed E-state index contributed by atoms with van der Waals surface area (Å²) in [7, 11) is 0. The molecule has 0 unspecified atom stereocenters. The molecule has 0 aliphatic heterocycles. The van der Waals surface area contributed by atoms with Crippen LogP contribution in [0.2, 0.25) is 0 Å². The van der Waals surface area contributed by atoms with Crippen LogP contribution in [0, 0.1) is 0 Å². The topological polar surface area (TPSA) is 57.6 Å². The SMILES string of the molecule is CC(=O)N(S)c1ccc(C(=O)O)cc1.[CaH2].